The highest BCUT2D eigenvalue weighted by Gasteiger charge is 2.29. The van der Waals surface area contributed by atoms with Crippen LogP contribution in [0.4, 0.5) is 9.59 Å². The molecule has 1 saturated carbocycles. The van der Waals surface area contributed by atoms with Gasteiger partial charge in [0.25, 0.3) is 0 Å². The van der Waals surface area contributed by atoms with Crippen LogP contribution >= 0.6 is 0 Å². The monoisotopic (exact) mass is 607 g/mol. The molecule has 11 heteroatoms. The summed E-state index contributed by atoms with van der Waals surface area (Å²) in [6, 6.07) is 3.35. The maximum Gasteiger partial charge on any atom is 0.514 e. The minimum atomic E-state index is -1.08. The Hall–Kier alpha value is -3.34. The van der Waals surface area contributed by atoms with E-state index in [1.165, 1.54) is 12.1 Å². The second-order valence-corrected chi connectivity index (χ2v) is 12.0. The maximum atomic E-state index is 12.8. The lowest BCUT2D eigenvalue weighted by atomic mass is 9.89. The Labute approximate surface area is 255 Å². The average molecular weight is 608 g/mol. The first kappa shape index (κ1) is 35.9. The lowest BCUT2D eigenvalue weighted by molar-refractivity contribution is -0.169. The first-order valence-electron chi connectivity index (χ1n) is 15.2. The van der Waals surface area contributed by atoms with Crippen molar-refractivity contribution < 1.29 is 47.6 Å². The number of hydrogen-bond donors (Lipinski definition) is 1. The molecule has 0 amide bonds. The van der Waals surface area contributed by atoms with Gasteiger partial charge in [0.15, 0.2) is 11.5 Å². The molecule has 1 aliphatic carbocycles. The first-order chi connectivity index (χ1) is 20.2. The van der Waals surface area contributed by atoms with E-state index in [1.807, 2.05) is 27.7 Å². The van der Waals surface area contributed by atoms with E-state index in [1.54, 1.807) is 33.8 Å². The van der Waals surface area contributed by atoms with Crippen molar-refractivity contribution in [2.24, 2.45) is 23.5 Å². The van der Waals surface area contributed by atoms with Crippen LogP contribution in [0.2, 0.25) is 0 Å². The lowest BCUT2D eigenvalue weighted by Crippen LogP contribution is -2.40. The van der Waals surface area contributed by atoms with Crippen molar-refractivity contribution in [1.29, 1.82) is 0 Å². The SMILES string of the molecule is CC(C)C(C)OC(=O)Oc1ccc(C[C@H](N)C(=O)O[C@@H](C)[C@H](C)OC(=O)C2CCCCC2)cc1OC(=O)OC(C)C(C)C. The molecule has 0 saturated heterocycles. The molecular weight excluding hydrogens is 558 g/mol. The summed E-state index contributed by atoms with van der Waals surface area (Å²) in [5.74, 6) is -1.13. The summed E-state index contributed by atoms with van der Waals surface area (Å²) in [4.78, 5) is 50.1. The predicted molar refractivity (Wildman–Crippen MR) is 159 cm³/mol. The van der Waals surface area contributed by atoms with Crippen LogP contribution in [-0.4, -0.2) is 54.7 Å². The molecule has 2 rings (SSSR count). The van der Waals surface area contributed by atoms with Crippen molar-refractivity contribution in [3.05, 3.63) is 23.8 Å². The molecule has 0 aromatic heterocycles. The molecule has 0 spiro atoms. The van der Waals surface area contributed by atoms with Gasteiger partial charge in [0.05, 0.1) is 5.92 Å². The maximum absolute atomic E-state index is 12.8. The van der Waals surface area contributed by atoms with Crippen molar-refractivity contribution in [1.82, 2.24) is 0 Å². The number of carbonyl (C=O) groups is 4. The van der Waals surface area contributed by atoms with E-state index >= 15 is 0 Å². The Kier molecular flexibility index (Phi) is 14.2. The molecule has 1 fully saturated rings. The van der Waals surface area contributed by atoms with Gasteiger partial charge in [-0.3, -0.25) is 9.59 Å². The summed E-state index contributed by atoms with van der Waals surface area (Å²) < 4.78 is 32.3. The van der Waals surface area contributed by atoms with E-state index in [0.717, 1.165) is 32.1 Å². The van der Waals surface area contributed by atoms with Crippen molar-refractivity contribution in [3.8, 4) is 11.5 Å². The lowest BCUT2D eigenvalue weighted by Gasteiger charge is -2.26. The minimum absolute atomic E-state index is 0.0186. The largest absolute Gasteiger partial charge is 0.514 e. The van der Waals surface area contributed by atoms with E-state index in [9.17, 15) is 19.2 Å². The summed E-state index contributed by atoms with van der Waals surface area (Å²) in [5, 5.41) is 0. The van der Waals surface area contributed by atoms with E-state index in [2.05, 4.69) is 0 Å². The van der Waals surface area contributed by atoms with Gasteiger partial charge in [-0.2, -0.15) is 0 Å². The third-order valence-corrected chi connectivity index (χ3v) is 7.80. The molecule has 43 heavy (non-hydrogen) atoms. The van der Waals surface area contributed by atoms with Crippen LogP contribution in [0, 0.1) is 17.8 Å². The first-order valence-corrected chi connectivity index (χ1v) is 15.2. The third-order valence-electron chi connectivity index (χ3n) is 7.80. The Bertz CT molecular complexity index is 1080. The van der Waals surface area contributed by atoms with Crippen LogP contribution in [0.5, 0.6) is 11.5 Å². The zero-order valence-electron chi connectivity index (χ0n) is 26.8. The van der Waals surface area contributed by atoms with Crippen molar-refractivity contribution in [3.63, 3.8) is 0 Å². The van der Waals surface area contributed by atoms with Gasteiger partial charge < -0.3 is 34.2 Å². The number of ether oxygens (including phenoxy) is 6. The fourth-order valence-corrected chi connectivity index (χ4v) is 4.06. The van der Waals surface area contributed by atoms with Gasteiger partial charge >= 0.3 is 24.2 Å². The number of nitrogens with two attached hydrogens (primary N) is 1. The molecule has 1 aliphatic rings. The van der Waals surface area contributed by atoms with E-state index in [4.69, 9.17) is 34.2 Å². The Morgan fingerprint density at radius 3 is 1.74 bits per heavy atom. The molecular formula is C32H49NO10. The van der Waals surface area contributed by atoms with E-state index in [-0.39, 0.29) is 41.6 Å². The smallest absolute Gasteiger partial charge is 0.459 e. The predicted octanol–water partition coefficient (Wildman–Crippen LogP) is 6.12. The van der Waals surface area contributed by atoms with Gasteiger partial charge in [0, 0.05) is 0 Å². The molecule has 2 unspecified atom stereocenters. The molecule has 1 aromatic rings. The summed E-state index contributed by atoms with van der Waals surface area (Å²) in [6.07, 6.45) is 0.656. The molecule has 0 radical (unpaired) electrons. The van der Waals surface area contributed by atoms with E-state index in [0.29, 0.717) is 5.56 Å². The van der Waals surface area contributed by atoms with Crippen molar-refractivity contribution in [2.75, 3.05) is 0 Å². The fraction of sp³-hybridized carbons (Fsp3) is 0.688. The van der Waals surface area contributed by atoms with Gasteiger partial charge in [-0.25, -0.2) is 9.59 Å². The highest BCUT2D eigenvalue weighted by molar-refractivity contribution is 5.76. The molecule has 0 bridgehead atoms. The second-order valence-electron chi connectivity index (χ2n) is 12.0. The van der Waals surface area contributed by atoms with Crippen molar-refractivity contribution in [2.45, 2.75) is 124 Å². The minimum Gasteiger partial charge on any atom is -0.459 e. The fourth-order valence-electron chi connectivity index (χ4n) is 4.06. The van der Waals surface area contributed by atoms with Crippen molar-refractivity contribution >= 4 is 24.2 Å². The molecule has 2 N–H and O–H groups in total. The summed E-state index contributed by atoms with van der Waals surface area (Å²) in [6.45, 7) is 14.4. The Morgan fingerprint density at radius 1 is 0.698 bits per heavy atom. The van der Waals surface area contributed by atoms with Crippen LogP contribution < -0.4 is 15.2 Å². The molecule has 0 aliphatic heterocycles. The number of carbonyl (C=O) groups excluding carboxylic acids is 4. The van der Waals surface area contributed by atoms with Gasteiger partial charge in [-0.1, -0.05) is 53.0 Å². The topological polar surface area (TPSA) is 150 Å². The quantitative estimate of drug-likeness (QED) is 0.157. The van der Waals surface area contributed by atoms with Gasteiger partial charge in [-0.05, 0) is 76.5 Å². The zero-order chi connectivity index (χ0) is 32.3. The third kappa shape index (κ3) is 12.1. The summed E-state index contributed by atoms with van der Waals surface area (Å²) in [7, 11) is 0. The number of rotatable bonds is 13. The molecule has 5 atom stereocenters. The van der Waals surface area contributed by atoms with Gasteiger partial charge in [-0.15, -0.1) is 0 Å². The standard InChI is InChI=1S/C32H49NO10/c1-18(2)20(5)40-31(36)42-27-15-14-24(17-28(27)43-32(37)41-21(6)19(3)4)16-26(33)30(35)39-23(8)22(7)38-29(34)25-12-10-9-11-13-25/h14-15,17-23,25-26H,9-13,16,33H2,1-8H3/t20?,21?,22-,23-,26-/m0/s1. The van der Waals surface area contributed by atoms with Crippen LogP contribution in [-0.2, 0) is 35.0 Å². The average Bonchev–Trinajstić information content (AvgIpc) is 2.94. The molecule has 11 nitrogen and oxygen atoms in total. The van der Waals surface area contributed by atoms with E-state index < -0.39 is 48.7 Å². The van der Waals surface area contributed by atoms with Gasteiger partial charge in [0.1, 0.15) is 30.5 Å². The highest BCUT2D eigenvalue weighted by Crippen LogP contribution is 2.31. The van der Waals surface area contributed by atoms with Crippen LogP contribution in [0.15, 0.2) is 18.2 Å². The summed E-state index contributed by atoms with van der Waals surface area (Å²) >= 11 is 0. The number of hydrogen-bond acceptors (Lipinski definition) is 11. The summed E-state index contributed by atoms with van der Waals surface area (Å²) in [5.41, 5.74) is 6.65. The second kappa shape index (κ2) is 17.1. The number of esters is 2. The van der Waals surface area contributed by atoms with Crippen LogP contribution in [0.25, 0.3) is 0 Å². The normalized spacial score (nSPS) is 17.3. The van der Waals surface area contributed by atoms with Crippen LogP contribution in [0.1, 0.15) is 93.1 Å². The molecule has 1 aromatic carbocycles. The Morgan fingerprint density at radius 2 is 1.21 bits per heavy atom. The number of benzene rings is 1. The highest BCUT2D eigenvalue weighted by atomic mass is 16.8. The van der Waals surface area contributed by atoms with Crippen LogP contribution in [0.3, 0.4) is 0 Å². The Balaban J connectivity index is 2.08. The molecule has 242 valence electrons. The van der Waals surface area contributed by atoms with Gasteiger partial charge in [0.2, 0.25) is 0 Å². The zero-order valence-corrected chi connectivity index (χ0v) is 26.8. The molecule has 0 heterocycles.